The molecular formula is C13H17N3O2. The molecule has 18 heavy (non-hydrogen) atoms. The third-order valence-electron chi connectivity index (χ3n) is 2.76. The van der Waals surface area contributed by atoms with Crippen molar-refractivity contribution in [3.05, 3.63) is 30.1 Å². The maximum atomic E-state index is 11.1. The molecule has 0 amide bonds. The average molecular weight is 247 g/mol. The lowest BCUT2D eigenvalue weighted by Gasteiger charge is -2.04. The van der Waals surface area contributed by atoms with Crippen molar-refractivity contribution in [2.24, 2.45) is 7.05 Å². The number of hydrogen-bond donors (Lipinski definition) is 1. The molecule has 0 aliphatic rings. The van der Waals surface area contributed by atoms with Gasteiger partial charge in [0.05, 0.1) is 30.5 Å². The van der Waals surface area contributed by atoms with Crippen LogP contribution in [0.5, 0.6) is 0 Å². The van der Waals surface area contributed by atoms with Gasteiger partial charge >= 0.3 is 5.97 Å². The highest BCUT2D eigenvalue weighted by molar-refractivity contribution is 5.76. The number of carbonyl (C=O) groups excluding carboxylic acids is 1. The number of esters is 1. The first kappa shape index (κ1) is 12.6. The summed E-state index contributed by atoms with van der Waals surface area (Å²) in [5.41, 5.74) is 3.20. The number of imidazole rings is 1. The van der Waals surface area contributed by atoms with Crippen molar-refractivity contribution in [1.82, 2.24) is 14.9 Å². The van der Waals surface area contributed by atoms with Gasteiger partial charge in [0.15, 0.2) is 0 Å². The van der Waals surface area contributed by atoms with Crippen molar-refractivity contribution < 1.29 is 9.53 Å². The third-order valence-corrected chi connectivity index (χ3v) is 2.76. The summed E-state index contributed by atoms with van der Waals surface area (Å²) in [4.78, 5) is 15.4. The normalized spacial score (nSPS) is 10.8. The van der Waals surface area contributed by atoms with E-state index in [0.29, 0.717) is 13.0 Å². The summed E-state index contributed by atoms with van der Waals surface area (Å²) in [5, 5.41) is 2.76. The molecule has 1 N–H and O–H groups in total. The molecule has 96 valence electrons. The molecule has 0 atom stereocenters. The molecule has 0 aliphatic carbocycles. The van der Waals surface area contributed by atoms with Crippen LogP contribution in [0.15, 0.2) is 24.5 Å². The van der Waals surface area contributed by atoms with Crippen LogP contribution in [0.1, 0.15) is 5.56 Å². The molecule has 0 spiro atoms. The minimum Gasteiger partial charge on any atom is -0.464 e. The largest absolute Gasteiger partial charge is 0.464 e. The van der Waals surface area contributed by atoms with Crippen LogP contribution in [0.3, 0.4) is 0 Å². The molecule has 1 aromatic heterocycles. The average Bonchev–Trinajstić information content (AvgIpc) is 2.71. The second kappa shape index (κ2) is 5.64. The number of fused-ring (bicyclic) bond motifs is 1. The van der Waals surface area contributed by atoms with Crippen molar-refractivity contribution in [3.63, 3.8) is 0 Å². The van der Waals surface area contributed by atoms with Gasteiger partial charge in [0, 0.05) is 13.5 Å². The Morgan fingerprint density at radius 1 is 1.50 bits per heavy atom. The number of aromatic nitrogens is 2. The van der Waals surface area contributed by atoms with Crippen LogP contribution < -0.4 is 5.32 Å². The number of benzene rings is 1. The second-order valence-electron chi connectivity index (χ2n) is 4.18. The number of ether oxygens (including phenoxy) is 1. The van der Waals surface area contributed by atoms with Gasteiger partial charge in [0.1, 0.15) is 0 Å². The van der Waals surface area contributed by atoms with Crippen molar-refractivity contribution in [3.8, 4) is 0 Å². The Kier molecular flexibility index (Phi) is 3.94. The molecule has 2 rings (SSSR count). The highest BCUT2D eigenvalue weighted by atomic mass is 16.5. The van der Waals surface area contributed by atoms with Gasteiger partial charge < -0.3 is 14.6 Å². The molecule has 2 aromatic rings. The number of nitrogens with one attached hydrogen (secondary N) is 1. The van der Waals surface area contributed by atoms with Crippen LogP contribution in [0.4, 0.5) is 0 Å². The minimum atomic E-state index is -0.226. The zero-order valence-corrected chi connectivity index (χ0v) is 10.6. The highest BCUT2D eigenvalue weighted by Gasteiger charge is 2.03. The van der Waals surface area contributed by atoms with Crippen molar-refractivity contribution in [2.45, 2.75) is 6.42 Å². The van der Waals surface area contributed by atoms with E-state index in [4.69, 9.17) is 4.74 Å². The monoisotopic (exact) mass is 247 g/mol. The van der Waals surface area contributed by atoms with E-state index in [2.05, 4.69) is 10.3 Å². The first-order chi connectivity index (χ1) is 8.70. The Bertz CT molecular complexity index is 548. The van der Waals surface area contributed by atoms with Gasteiger partial charge in [-0.3, -0.25) is 4.79 Å². The molecule has 0 saturated carbocycles. The molecule has 5 nitrogen and oxygen atoms in total. The lowest BCUT2D eigenvalue weighted by molar-refractivity contribution is -0.142. The summed E-state index contributed by atoms with van der Waals surface area (Å²) in [5.74, 6) is -0.226. The number of aryl methyl sites for hydroxylation is 1. The SMILES string of the molecule is CNCC(=O)OCCc1ccc2c(c1)ncn2C. The maximum absolute atomic E-state index is 11.1. The lowest BCUT2D eigenvalue weighted by atomic mass is 10.1. The van der Waals surface area contributed by atoms with E-state index in [0.717, 1.165) is 16.6 Å². The van der Waals surface area contributed by atoms with E-state index >= 15 is 0 Å². The molecule has 0 aliphatic heterocycles. The number of carbonyl (C=O) groups is 1. The van der Waals surface area contributed by atoms with Crippen molar-refractivity contribution in [1.29, 1.82) is 0 Å². The van der Waals surface area contributed by atoms with E-state index in [-0.39, 0.29) is 12.5 Å². The van der Waals surface area contributed by atoms with E-state index in [1.807, 2.05) is 29.8 Å². The van der Waals surface area contributed by atoms with Crippen LogP contribution in [0.2, 0.25) is 0 Å². The van der Waals surface area contributed by atoms with Crippen molar-refractivity contribution >= 4 is 17.0 Å². The van der Waals surface area contributed by atoms with E-state index < -0.39 is 0 Å². The number of rotatable bonds is 5. The molecule has 0 bridgehead atoms. The Morgan fingerprint density at radius 3 is 3.11 bits per heavy atom. The van der Waals surface area contributed by atoms with E-state index in [1.165, 1.54) is 0 Å². The number of nitrogens with zero attached hydrogens (tertiary/aromatic N) is 2. The fourth-order valence-electron chi connectivity index (χ4n) is 1.82. The molecular weight excluding hydrogens is 230 g/mol. The lowest BCUT2D eigenvalue weighted by Crippen LogP contribution is -2.21. The zero-order chi connectivity index (χ0) is 13.0. The maximum Gasteiger partial charge on any atom is 0.319 e. The smallest absolute Gasteiger partial charge is 0.319 e. The highest BCUT2D eigenvalue weighted by Crippen LogP contribution is 2.14. The molecule has 0 fully saturated rings. The van der Waals surface area contributed by atoms with E-state index in [1.54, 1.807) is 13.4 Å². The fourth-order valence-corrected chi connectivity index (χ4v) is 1.82. The Labute approximate surface area is 106 Å². The van der Waals surface area contributed by atoms with Crippen LogP contribution in [-0.4, -0.2) is 35.7 Å². The van der Waals surface area contributed by atoms with Gasteiger partial charge in [0.25, 0.3) is 0 Å². The van der Waals surface area contributed by atoms with E-state index in [9.17, 15) is 4.79 Å². The van der Waals surface area contributed by atoms with Gasteiger partial charge in [-0.15, -0.1) is 0 Å². The zero-order valence-electron chi connectivity index (χ0n) is 10.6. The van der Waals surface area contributed by atoms with Crippen molar-refractivity contribution in [2.75, 3.05) is 20.2 Å². The summed E-state index contributed by atoms with van der Waals surface area (Å²) in [7, 11) is 3.69. The van der Waals surface area contributed by atoms with Gasteiger partial charge in [-0.25, -0.2) is 4.98 Å². The standard InChI is InChI=1S/C13H17N3O2/c1-14-8-13(17)18-6-5-10-3-4-12-11(7-10)15-9-16(12)2/h3-4,7,9,14H,5-6,8H2,1-2H3. The summed E-state index contributed by atoms with van der Waals surface area (Å²) in [6, 6.07) is 6.10. The Morgan fingerprint density at radius 2 is 2.33 bits per heavy atom. The van der Waals surface area contributed by atoms with Crippen LogP contribution in [0, 0.1) is 0 Å². The fraction of sp³-hybridized carbons (Fsp3) is 0.385. The molecule has 1 heterocycles. The summed E-state index contributed by atoms with van der Waals surface area (Å²) >= 11 is 0. The number of likely N-dealkylation sites (N-methyl/N-ethyl adjacent to an activating group) is 1. The molecule has 5 heteroatoms. The summed E-state index contributed by atoms with van der Waals surface area (Å²) in [6.07, 6.45) is 2.50. The molecule has 0 saturated heterocycles. The molecule has 0 unspecified atom stereocenters. The van der Waals surface area contributed by atoms with Crippen LogP contribution in [0.25, 0.3) is 11.0 Å². The Balaban J connectivity index is 1.94. The molecule has 0 radical (unpaired) electrons. The summed E-state index contributed by atoms with van der Waals surface area (Å²) in [6.45, 7) is 0.651. The molecule has 1 aromatic carbocycles. The van der Waals surface area contributed by atoms with Gasteiger partial charge in [-0.2, -0.15) is 0 Å². The quantitative estimate of drug-likeness (QED) is 0.797. The first-order valence-electron chi connectivity index (χ1n) is 5.91. The minimum absolute atomic E-state index is 0.226. The summed E-state index contributed by atoms with van der Waals surface area (Å²) < 4.78 is 7.05. The Hall–Kier alpha value is -1.88. The van der Waals surface area contributed by atoms with Crippen LogP contribution >= 0.6 is 0 Å². The second-order valence-corrected chi connectivity index (χ2v) is 4.18. The number of hydrogen-bond acceptors (Lipinski definition) is 4. The van der Waals surface area contributed by atoms with Gasteiger partial charge in [-0.1, -0.05) is 6.07 Å². The predicted molar refractivity (Wildman–Crippen MR) is 69.3 cm³/mol. The third kappa shape index (κ3) is 2.87. The first-order valence-corrected chi connectivity index (χ1v) is 5.91. The predicted octanol–water partition coefficient (Wildman–Crippen LogP) is 0.878. The van der Waals surface area contributed by atoms with Crippen LogP contribution in [-0.2, 0) is 23.0 Å². The topological polar surface area (TPSA) is 56.1 Å². The van der Waals surface area contributed by atoms with Gasteiger partial charge in [0.2, 0.25) is 0 Å². The van der Waals surface area contributed by atoms with Gasteiger partial charge in [-0.05, 0) is 24.7 Å².